The molecule has 1 aliphatic carbocycles. The lowest BCUT2D eigenvalue weighted by atomic mass is 10.2. The van der Waals surface area contributed by atoms with Gasteiger partial charge in [-0.15, -0.1) is 0 Å². The lowest BCUT2D eigenvalue weighted by molar-refractivity contribution is 0.627. The molecule has 1 heterocycles. The molecular formula is C16H17BrFN3. The van der Waals surface area contributed by atoms with Crippen LogP contribution in [-0.4, -0.2) is 16.5 Å². The Morgan fingerprint density at radius 2 is 2.05 bits per heavy atom. The van der Waals surface area contributed by atoms with Crippen molar-refractivity contribution in [3.8, 4) is 11.4 Å². The fourth-order valence-electron chi connectivity index (χ4n) is 2.21. The number of rotatable bonds is 5. The molecule has 3 nitrogen and oxygen atoms in total. The molecule has 0 amide bonds. The van der Waals surface area contributed by atoms with Gasteiger partial charge in [0.05, 0.1) is 0 Å². The van der Waals surface area contributed by atoms with Crippen LogP contribution in [-0.2, 0) is 0 Å². The molecule has 1 N–H and O–H groups in total. The third kappa shape index (κ3) is 3.59. The predicted octanol–water partition coefficient (Wildman–Crippen LogP) is 4.74. The molecule has 0 unspecified atom stereocenters. The molecule has 3 rings (SSSR count). The number of benzene rings is 1. The molecule has 0 saturated heterocycles. The SMILES string of the molecule is CCCNc1cc(C2CC2)nc(-c2cc(F)cc(Br)c2)n1. The summed E-state index contributed by atoms with van der Waals surface area (Å²) in [5.74, 6) is 1.65. The smallest absolute Gasteiger partial charge is 0.161 e. The van der Waals surface area contributed by atoms with Crippen molar-refractivity contribution in [1.29, 1.82) is 0 Å². The van der Waals surface area contributed by atoms with Crippen LogP contribution in [0.2, 0.25) is 0 Å². The average Bonchev–Trinajstić information content (AvgIpc) is 3.28. The first-order valence-corrected chi connectivity index (χ1v) is 8.04. The van der Waals surface area contributed by atoms with Gasteiger partial charge in [0.1, 0.15) is 11.6 Å². The molecule has 1 aliphatic rings. The van der Waals surface area contributed by atoms with Gasteiger partial charge in [-0.1, -0.05) is 22.9 Å². The largest absolute Gasteiger partial charge is 0.370 e. The maximum atomic E-state index is 13.6. The predicted molar refractivity (Wildman–Crippen MR) is 85.9 cm³/mol. The number of anilines is 1. The second kappa shape index (κ2) is 6.10. The highest BCUT2D eigenvalue weighted by atomic mass is 79.9. The van der Waals surface area contributed by atoms with Gasteiger partial charge in [-0.05, 0) is 37.5 Å². The van der Waals surface area contributed by atoms with Crippen molar-refractivity contribution < 1.29 is 4.39 Å². The molecule has 1 saturated carbocycles. The minimum atomic E-state index is -0.289. The molecular weight excluding hydrogens is 333 g/mol. The van der Waals surface area contributed by atoms with E-state index in [1.54, 1.807) is 0 Å². The van der Waals surface area contributed by atoms with Crippen LogP contribution in [0.4, 0.5) is 10.2 Å². The summed E-state index contributed by atoms with van der Waals surface area (Å²) in [5.41, 5.74) is 1.75. The maximum absolute atomic E-state index is 13.6. The van der Waals surface area contributed by atoms with Crippen molar-refractivity contribution >= 4 is 21.7 Å². The maximum Gasteiger partial charge on any atom is 0.161 e. The second-order valence-electron chi connectivity index (χ2n) is 5.36. The zero-order valence-electron chi connectivity index (χ0n) is 11.9. The molecule has 0 atom stereocenters. The summed E-state index contributed by atoms with van der Waals surface area (Å²) in [5, 5.41) is 3.30. The van der Waals surface area contributed by atoms with E-state index in [-0.39, 0.29) is 5.82 Å². The van der Waals surface area contributed by atoms with Crippen molar-refractivity contribution in [2.24, 2.45) is 0 Å². The van der Waals surface area contributed by atoms with E-state index in [2.05, 4.69) is 38.1 Å². The lowest BCUT2D eigenvalue weighted by Gasteiger charge is -2.09. The summed E-state index contributed by atoms with van der Waals surface area (Å²) in [6, 6.07) is 6.77. The quantitative estimate of drug-likeness (QED) is 0.846. The van der Waals surface area contributed by atoms with E-state index >= 15 is 0 Å². The van der Waals surface area contributed by atoms with Gasteiger partial charge in [-0.2, -0.15) is 0 Å². The number of hydrogen-bond donors (Lipinski definition) is 1. The summed E-state index contributed by atoms with van der Waals surface area (Å²) in [6.45, 7) is 2.98. The van der Waals surface area contributed by atoms with Gasteiger partial charge in [0.15, 0.2) is 5.82 Å². The molecule has 0 bridgehead atoms. The Bertz CT molecular complexity index is 636. The standard InChI is InChI=1S/C16H17BrFN3/c1-2-5-19-15-9-14(10-3-4-10)20-16(21-15)11-6-12(17)8-13(18)7-11/h6-10H,2-5H2,1H3,(H,19,20,21). The van der Waals surface area contributed by atoms with Crippen LogP contribution in [0.3, 0.4) is 0 Å². The molecule has 1 fully saturated rings. The fraction of sp³-hybridized carbons (Fsp3) is 0.375. The van der Waals surface area contributed by atoms with E-state index in [4.69, 9.17) is 0 Å². The Hall–Kier alpha value is -1.49. The summed E-state index contributed by atoms with van der Waals surface area (Å²) >= 11 is 3.32. The molecule has 0 spiro atoms. The molecule has 0 aliphatic heterocycles. The minimum Gasteiger partial charge on any atom is -0.370 e. The van der Waals surface area contributed by atoms with E-state index in [0.29, 0.717) is 21.8 Å². The van der Waals surface area contributed by atoms with Crippen molar-refractivity contribution in [2.45, 2.75) is 32.1 Å². The van der Waals surface area contributed by atoms with Crippen LogP contribution in [0.15, 0.2) is 28.7 Å². The van der Waals surface area contributed by atoms with Crippen LogP contribution < -0.4 is 5.32 Å². The fourth-order valence-corrected chi connectivity index (χ4v) is 2.68. The van der Waals surface area contributed by atoms with E-state index in [9.17, 15) is 4.39 Å². The van der Waals surface area contributed by atoms with Gasteiger partial charge in [0, 0.05) is 34.3 Å². The molecule has 0 radical (unpaired) electrons. The molecule has 2 aromatic rings. The van der Waals surface area contributed by atoms with Crippen LogP contribution in [0.5, 0.6) is 0 Å². The lowest BCUT2D eigenvalue weighted by Crippen LogP contribution is -2.05. The van der Waals surface area contributed by atoms with E-state index in [1.165, 1.54) is 25.0 Å². The molecule has 1 aromatic carbocycles. The van der Waals surface area contributed by atoms with Crippen molar-refractivity contribution in [3.63, 3.8) is 0 Å². The zero-order valence-corrected chi connectivity index (χ0v) is 13.5. The highest BCUT2D eigenvalue weighted by molar-refractivity contribution is 9.10. The number of aromatic nitrogens is 2. The molecule has 5 heteroatoms. The molecule has 21 heavy (non-hydrogen) atoms. The van der Waals surface area contributed by atoms with E-state index < -0.39 is 0 Å². The number of halogens is 2. The van der Waals surface area contributed by atoms with E-state index in [1.807, 2.05) is 12.1 Å². The number of nitrogens with one attached hydrogen (secondary N) is 1. The summed E-state index contributed by atoms with van der Waals surface area (Å²) in [4.78, 5) is 9.14. The Morgan fingerprint density at radius 1 is 1.24 bits per heavy atom. The van der Waals surface area contributed by atoms with Gasteiger partial charge >= 0.3 is 0 Å². The summed E-state index contributed by atoms with van der Waals surface area (Å²) < 4.78 is 14.3. The Kier molecular flexibility index (Phi) is 4.19. The average molecular weight is 350 g/mol. The second-order valence-corrected chi connectivity index (χ2v) is 6.28. The topological polar surface area (TPSA) is 37.8 Å². The van der Waals surface area contributed by atoms with Gasteiger partial charge in [0.25, 0.3) is 0 Å². The Balaban J connectivity index is 2.01. The van der Waals surface area contributed by atoms with Gasteiger partial charge in [0.2, 0.25) is 0 Å². The van der Waals surface area contributed by atoms with Gasteiger partial charge in [-0.25, -0.2) is 14.4 Å². The first-order valence-electron chi connectivity index (χ1n) is 7.25. The number of nitrogens with zero attached hydrogens (tertiary/aromatic N) is 2. The van der Waals surface area contributed by atoms with Gasteiger partial charge in [-0.3, -0.25) is 0 Å². The summed E-state index contributed by atoms with van der Waals surface area (Å²) in [7, 11) is 0. The minimum absolute atomic E-state index is 0.289. The monoisotopic (exact) mass is 349 g/mol. The number of hydrogen-bond acceptors (Lipinski definition) is 3. The van der Waals surface area contributed by atoms with Crippen molar-refractivity contribution in [2.75, 3.05) is 11.9 Å². The van der Waals surface area contributed by atoms with E-state index in [0.717, 1.165) is 24.5 Å². The van der Waals surface area contributed by atoms with Crippen molar-refractivity contribution in [3.05, 3.63) is 40.2 Å². The third-order valence-corrected chi connectivity index (χ3v) is 3.88. The van der Waals surface area contributed by atoms with Gasteiger partial charge < -0.3 is 5.32 Å². The van der Waals surface area contributed by atoms with Crippen LogP contribution in [0.1, 0.15) is 37.8 Å². The highest BCUT2D eigenvalue weighted by Gasteiger charge is 2.26. The van der Waals surface area contributed by atoms with Crippen molar-refractivity contribution in [1.82, 2.24) is 9.97 Å². The van der Waals surface area contributed by atoms with Crippen LogP contribution in [0, 0.1) is 5.82 Å². The third-order valence-electron chi connectivity index (χ3n) is 3.42. The molecule has 1 aromatic heterocycles. The Labute approximate surface area is 132 Å². The zero-order chi connectivity index (χ0) is 14.8. The normalized spacial score (nSPS) is 14.2. The first kappa shape index (κ1) is 14.4. The Morgan fingerprint density at radius 3 is 2.71 bits per heavy atom. The van der Waals surface area contributed by atoms with Crippen LogP contribution >= 0.6 is 15.9 Å². The first-order chi connectivity index (χ1) is 10.2. The highest BCUT2D eigenvalue weighted by Crippen LogP contribution is 2.40. The summed E-state index contributed by atoms with van der Waals surface area (Å²) in [6.07, 6.45) is 3.39. The van der Waals surface area contributed by atoms with Crippen LogP contribution in [0.25, 0.3) is 11.4 Å². The molecule has 110 valence electrons.